The molecule has 0 aliphatic rings. The lowest BCUT2D eigenvalue weighted by Gasteiger charge is -2.05. The third-order valence-electron chi connectivity index (χ3n) is 3.31. The molecule has 1 atom stereocenters. The normalized spacial score (nSPS) is 12.4. The minimum Gasteiger partial charge on any atom is -0.477 e. The molecule has 2 heterocycles. The number of hydrogen-bond acceptors (Lipinski definition) is 2. The SMILES string of the molecule is Cc1cc2ccc(S(=O)c3ccccc3)cn2c1C(=O)O. The van der Waals surface area contributed by atoms with Crippen LogP contribution in [0.1, 0.15) is 16.1 Å². The quantitative estimate of drug-likeness (QED) is 0.808. The van der Waals surface area contributed by atoms with Crippen LogP contribution in [0.4, 0.5) is 0 Å². The predicted molar refractivity (Wildman–Crippen MR) is 80.2 cm³/mol. The Bertz CT molecular complexity index is 853. The topological polar surface area (TPSA) is 58.8 Å². The smallest absolute Gasteiger partial charge is 0.353 e. The lowest BCUT2D eigenvalue weighted by Crippen LogP contribution is -2.04. The summed E-state index contributed by atoms with van der Waals surface area (Å²) in [5, 5.41) is 9.30. The summed E-state index contributed by atoms with van der Waals surface area (Å²) in [5.74, 6) is -0.991. The third-order valence-corrected chi connectivity index (χ3v) is 4.68. The van der Waals surface area contributed by atoms with E-state index in [0.29, 0.717) is 15.4 Å². The lowest BCUT2D eigenvalue weighted by molar-refractivity contribution is 0.0688. The van der Waals surface area contributed by atoms with E-state index in [1.165, 1.54) is 0 Å². The molecule has 1 unspecified atom stereocenters. The largest absolute Gasteiger partial charge is 0.477 e. The zero-order chi connectivity index (χ0) is 15.0. The van der Waals surface area contributed by atoms with Gasteiger partial charge in [-0.3, -0.25) is 0 Å². The van der Waals surface area contributed by atoms with E-state index in [-0.39, 0.29) is 5.69 Å². The number of pyridine rings is 1. The summed E-state index contributed by atoms with van der Waals surface area (Å²) in [7, 11) is -1.33. The summed E-state index contributed by atoms with van der Waals surface area (Å²) < 4.78 is 14.1. The Morgan fingerprint density at radius 1 is 1.10 bits per heavy atom. The summed E-state index contributed by atoms with van der Waals surface area (Å²) >= 11 is 0. The van der Waals surface area contributed by atoms with Crippen molar-refractivity contribution < 1.29 is 14.1 Å². The van der Waals surface area contributed by atoms with Crippen molar-refractivity contribution in [3.63, 3.8) is 0 Å². The van der Waals surface area contributed by atoms with Crippen LogP contribution in [-0.2, 0) is 10.8 Å². The van der Waals surface area contributed by atoms with Gasteiger partial charge in [-0.1, -0.05) is 18.2 Å². The average molecular weight is 299 g/mol. The van der Waals surface area contributed by atoms with E-state index in [1.807, 2.05) is 18.2 Å². The Labute approximate surface area is 124 Å². The number of carboxylic acid groups (broad SMARTS) is 1. The number of rotatable bonds is 3. The number of aromatic carboxylic acids is 1. The first-order valence-electron chi connectivity index (χ1n) is 6.40. The highest BCUT2D eigenvalue weighted by atomic mass is 32.2. The number of fused-ring (bicyclic) bond motifs is 1. The molecule has 1 aromatic carbocycles. The summed E-state index contributed by atoms with van der Waals surface area (Å²) in [5.41, 5.74) is 1.67. The van der Waals surface area contributed by atoms with Gasteiger partial charge in [-0.25, -0.2) is 9.00 Å². The van der Waals surface area contributed by atoms with Gasteiger partial charge in [0.1, 0.15) is 5.69 Å². The molecule has 21 heavy (non-hydrogen) atoms. The summed E-state index contributed by atoms with van der Waals surface area (Å²) in [6.45, 7) is 1.75. The maximum absolute atomic E-state index is 12.5. The minimum atomic E-state index is -1.33. The van der Waals surface area contributed by atoms with Gasteiger partial charge in [0, 0.05) is 16.6 Å². The van der Waals surface area contributed by atoms with Gasteiger partial charge in [0.05, 0.1) is 15.7 Å². The number of benzene rings is 1. The van der Waals surface area contributed by atoms with Crippen molar-refractivity contribution in [2.45, 2.75) is 16.7 Å². The van der Waals surface area contributed by atoms with E-state index in [1.54, 1.807) is 47.9 Å². The zero-order valence-electron chi connectivity index (χ0n) is 11.3. The molecule has 0 fully saturated rings. The van der Waals surface area contributed by atoms with Gasteiger partial charge in [-0.05, 0) is 42.8 Å². The maximum Gasteiger partial charge on any atom is 0.353 e. The molecule has 1 N–H and O–H groups in total. The predicted octanol–water partition coefficient (Wildman–Crippen LogP) is 3.11. The molecule has 0 aliphatic heterocycles. The van der Waals surface area contributed by atoms with Gasteiger partial charge >= 0.3 is 5.97 Å². The zero-order valence-corrected chi connectivity index (χ0v) is 12.1. The molecule has 4 nitrogen and oxygen atoms in total. The fourth-order valence-corrected chi connectivity index (χ4v) is 3.41. The summed E-state index contributed by atoms with van der Waals surface area (Å²) in [6.07, 6.45) is 1.63. The van der Waals surface area contributed by atoms with E-state index in [9.17, 15) is 14.1 Å². The molecule has 0 spiro atoms. The van der Waals surface area contributed by atoms with Crippen molar-refractivity contribution >= 4 is 22.3 Å². The van der Waals surface area contributed by atoms with Crippen molar-refractivity contribution in [3.05, 3.63) is 66.0 Å². The van der Waals surface area contributed by atoms with Gasteiger partial charge in [0.25, 0.3) is 0 Å². The van der Waals surface area contributed by atoms with Crippen LogP contribution >= 0.6 is 0 Å². The molecule has 0 amide bonds. The van der Waals surface area contributed by atoms with Crippen LogP contribution < -0.4 is 0 Å². The number of nitrogens with zero attached hydrogens (tertiary/aromatic N) is 1. The van der Waals surface area contributed by atoms with Crippen LogP contribution in [-0.4, -0.2) is 19.7 Å². The molecule has 106 valence electrons. The molecule has 2 aromatic heterocycles. The molecular weight excluding hydrogens is 286 g/mol. The molecule has 0 radical (unpaired) electrons. The average Bonchev–Trinajstić information content (AvgIpc) is 2.82. The van der Waals surface area contributed by atoms with Gasteiger partial charge in [0.15, 0.2) is 0 Å². The first kappa shape index (κ1) is 13.6. The number of carboxylic acids is 1. The first-order chi connectivity index (χ1) is 10.1. The standard InChI is InChI=1S/C16H13NO3S/c1-11-9-12-7-8-14(10-17(12)15(11)16(18)19)21(20)13-5-3-2-4-6-13/h2-10H,1H3,(H,18,19). The van der Waals surface area contributed by atoms with Gasteiger partial charge in [-0.2, -0.15) is 0 Å². The van der Waals surface area contributed by atoms with Gasteiger partial charge < -0.3 is 9.51 Å². The number of hydrogen-bond donors (Lipinski definition) is 1. The van der Waals surface area contributed by atoms with Crippen LogP contribution in [0.15, 0.2) is 64.5 Å². The third kappa shape index (κ3) is 2.36. The molecule has 0 saturated heterocycles. The van der Waals surface area contributed by atoms with Crippen LogP contribution in [0.3, 0.4) is 0 Å². The highest BCUT2D eigenvalue weighted by Crippen LogP contribution is 2.21. The number of aromatic nitrogens is 1. The van der Waals surface area contributed by atoms with E-state index in [4.69, 9.17) is 0 Å². The van der Waals surface area contributed by atoms with Crippen LogP contribution in [0, 0.1) is 6.92 Å². The Balaban J connectivity index is 2.15. The molecular formula is C16H13NO3S. The van der Waals surface area contributed by atoms with Crippen molar-refractivity contribution in [2.24, 2.45) is 0 Å². The second kappa shape index (κ2) is 5.18. The lowest BCUT2D eigenvalue weighted by atomic mass is 10.3. The summed E-state index contributed by atoms with van der Waals surface area (Å²) in [6, 6.07) is 14.5. The number of carbonyl (C=O) groups is 1. The van der Waals surface area contributed by atoms with Crippen LogP contribution in [0.2, 0.25) is 0 Å². The highest BCUT2D eigenvalue weighted by Gasteiger charge is 2.15. The number of aryl methyl sites for hydroxylation is 1. The van der Waals surface area contributed by atoms with Crippen molar-refractivity contribution in [3.8, 4) is 0 Å². The van der Waals surface area contributed by atoms with Gasteiger partial charge in [0.2, 0.25) is 0 Å². The molecule has 0 saturated carbocycles. The fraction of sp³-hybridized carbons (Fsp3) is 0.0625. The maximum atomic E-state index is 12.5. The second-order valence-electron chi connectivity index (χ2n) is 4.72. The highest BCUT2D eigenvalue weighted by molar-refractivity contribution is 7.85. The Morgan fingerprint density at radius 3 is 2.48 bits per heavy atom. The minimum absolute atomic E-state index is 0.205. The van der Waals surface area contributed by atoms with Gasteiger partial charge in [-0.15, -0.1) is 0 Å². The van der Waals surface area contributed by atoms with Crippen LogP contribution in [0.5, 0.6) is 0 Å². The Kier molecular flexibility index (Phi) is 3.35. The van der Waals surface area contributed by atoms with E-state index in [0.717, 1.165) is 5.52 Å². The van der Waals surface area contributed by atoms with E-state index < -0.39 is 16.8 Å². The van der Waals surface area contributed by atoms with Crippen molar-refractivity contribution in [1.29, 1.82) is 0 Å². The molecule has 3 rings (SSSR count). The molecule has 0 aliphatic carbocycles. The summed E-state index contributed by atoms with van der Waals surface area (Å²) in [4.78, 5) is 12.6. The molecule has 0 bridgehead atoms. The van der Waals surface area contributed by atoms with Crippen LogP contribution in [0.25, 0.3) is 5.52 Å². The monoisotopic (exact) mass is 299 g/mol. The first-order valence-corrected chi connectivity index (χ1v) is 7.55. The van der Waals surface area contributed by atoms with E-state index in [2.05, 4.69) is 0 Å². The Hall–Kier alpha value is -2.40. The van der Waals surface area contributed by atoms with Crippen molar-refractivity contribution in [2.75, 3.05) is 0 Å². The fourth-order valence-electron chi connectivity index (χ4n) is 2.35. The second-order valence-corrected chi connectivity index (χ2v) is 6.20. The van der Waals surface area contributed by atoms with E-state index >= 15 is 0 Å². The molecule has 3 aromatic rings. The Morgan fingerprint density at radius 2 is 1.81 bits per heavy atom. The van der Waals surface area contributed by atoms with Crippen molar-refractivity contribution in [1.82, 2.24) is 4.40 Å². The molecule has 5 heteroatoms.